The van der Waals surface area contributed by atoms with E-state index in [0.717, 1.165) is 0 Å². The summed E-state index contributed by atoms with van der Waals surface area (Å²) in [5.41, 5.74) is 1.33. The largest absolute Gasteiger partial charge is 0.497 e. The first-order valence-corrected chi connectivity index (χ1v) is 11.2. The van der Waals surface area contributed by atoms with Gasteiger partial charge < -0.3 is 14.8 Å². The van der Waals surface area contributed by atoms with Crippen molar-refractivity contribution in [2.45, 2.75) is 5.75 Å². The van der Waals surface area contributed by atoms with Crippen LogP contribution < -0.4 is 19.5 Å². The molecule has 0 fully saturated rings. The maximum atomic E-state index is 12.9. The minimum absolute atomic E-state index is 0.167. The van der Waals surface area contributed by atoms with Crippen LogP contribution in [0.4, 0.5) is 11.4 Å². The molecular formula is C22H21ClN2O5S. The quantitative estimate of drug-likeness (QED) is 0.514. The fourth-order valence-electron chi connectivity index (χ4n) is 2.87. The number of sulfonamides is 1. The van der Waals surface area contributed by atoms with E-state index >= 15 is 0 Å². The Labute approximate surface area is 186 Å². The Morgan fingerprint density at radius 3 is 2.32 bits per heavy atom. The van der Waals surface area contributed by atoms with Crippen LogP contribution >= 0.6 is 11.6 Å². The van der Waals surface area contributed by atoms with Crippen molar-refractivity contribution in [1.82, 2.24) is 0 Å². The van der Waals surface area contributed by atoms with Gasteiger partial charge in [-0.1, -0.05) is 35.9 Å². The monoisotopic (exact) mass is 460 g/mol. The number of carbonyl (C=O) groups excluding carboxylic acids is 1. The molecule has 162 valence electrons. The highest BCUT2D eigenvalue weighted by Crippen LogP contribution is 2.30. The molecule has 0 aliphatic heterocycles. The molecule has 3 rings (SSSR count). The predicted octanol–water partition coefficient (Wildman–Crippen LogP) is 4.55. The predicted molar refractivity (Wildman–Crippen MR) is 122 cm³/mol. The van der Waals surface area contributed by atoms with Crippen LogP contribution in [0.3, 0.4) is 0 Å². The molecule has 0 saturated carbocycles. The Hall–Kier alpha value is -3.23. The molecule has 7 nitrogen and oxygen atoms in total. The van der Waals surface area contributed by atoms with Crippen molar-refractivity contribution in [2.75, 3.05) is 24.3 Å². The summed E-state index contributed by atoms with van der Waals surface area (Å²) in [4.78, 5) is 12.9. The molecule has 0 aliphatic rings. The van der Waals surface area contributed by atoms with Crippen LogP contribution in [0.25, 0.3) is 0 Å². The van der Waals surface area contributed by atoms with Gasteiger partial charge in [0.25, 0.3) is 5.91 Å². The van der Waals surface area contributed by atoms with Gasteiger partial charge in [0, 0.05) is 11.1 Å². The summed E-state index contributed by atoms with van der Waals surface area (Å²) in [6.45, 7) is 0. The molecule has 0 unspecified atom stereocenters. The Bertz CT molecular complexity index is 1180. The number of hydrogen-bond acceptors (Lipinski definition) is 5. The average molecular weight is 461 g/mol. The van der Waals surface area contributed by atoms with E-state index in [4.69, 9.17) is 21.1 Å². The number of halogens is 1. The zero-order chi connectivity index (χ0) is 22.4. The lowest BCUT2D eigenvalue weighted by Gasteiger charge is -2.15. The SMILES string of the molecule is COc1ccc(NC(=O)c2ccccc2NS(=O)(=O)Cc2ccc(Cl)cc2)c(OC)c1. The van der Waals surface area contributed by atoms with Gasteiger partial charge in [-0.15, -0.1) is 0 Å². The Kier molecular flexibility index (Phi) is 7.04. The van der Waals surface area contributed by atoms with Crippen LogP contribution in [-0.4, -0.2) is 28.5 Å². The fraction of sp³-hybridized carbons (Fsp3) is 0.136. The van der Waals surface area contributed by atoms with E-state index in [0.29, 0.717) is 27.8 Å². The second-order valence-corrected chi connectivity index (χ2v) is 8.71. The van der Waals surface area contributed by atoms with Gasteiger partial charge in [-0.2, -0.15) is 0 Å². The number of anilines is 2. The van der Waals surface area contributed by atoms with Crippen LogP contribution in [0.15, 0.2) is 66.7 Å². The lowest BCUT2D eigenvalue weighted by molar-refractivity contribution is 0.102. The van der Waals surface area contributed by atoms with Gasteiger partial charge in [0.05, 0.1) is 36.9 Å². The molecule has 1 amide bonds. The number of rotatable bonds is 8. The molecule has 0 radical (unpaired) electrons. The van der Waals surface area contributed by atoms with Crippen LogP contribution in [-0.2, 0) is 15.8 Å². The summed E-state index contributed by atoms with van der Waals surface area (Å²) < 4.78 is 38.2. The first-order valence-electron chi connectivity index (χ1n) is 9.18. The highest BCUT2D eigenvalue weighted by molar-refractivity contribution is 7.91. The van der Waals surface area contributed by atoms with Crippen LogP contribution in [0.1, 0.15) is 15.9 Å². The third-order valence-electron chi connectivity index (χ3n) is 4.36. The number of benzene rings is 3. The van der Waals surface area contributed by atoms with E-state index < -0.39 is 15.9 Å². The first kappa shape index (κ1) is 22.5. The van der Waals surface area contributed by atoms with Crippen LogP contribution in [0.2, 0.25) is 5.02 Å². The van der Waals surface area contributed by atoms with E-state index in [-0.39, 0.29) is 17.0 Å². The number of nitrogens with one attached hydrogen (secondary N) is 2. The molecule has 0 bridgehead atoms. The lowest BCUT2D eigenvalue weighted by atomic mass is 10.1. The second-order valence-electron chi connectivity index (χ2n) is 6.55. The number of methoxy groups -OCH3 is 2. The van der Waals surface area contributed by atoms with Gasteiger partial charge in [-0.25, -0.2) is 8.42 Å². The highest BCUT2D eigenvalue weighted by atomic mass is 35.5. The van der Waals surface area contributed by atoms with E-state index in [9.17, 15) is 13.2 Å². The lowest BCUT2D eigenvalue weighted by Crippen LogP contribution is -2.19. The molecule has 3 aromatic carbocycles. The third-order valence-corrected chi connectivity index (χ3v) is 5.86. The van der Waals surface area contributed by atoms with Crippen molar-refractivity contribution in [2.24, 2.45) is 0 Å². The minimum Gasteiger partial charge on any atom is -0.497 e. The van der Waals surface area contributed by atoms with E-state index in [1.165, 1.54) is 26.4 Å². The molecular weight excluding hydrogens is 440 g/mol. The molecule has 2 N–H and O–H groups in total. The Morgan fingerprint density at radius 2 is 1.65 bits per heavy atom. The molecule has 0 saturated heterocycles. The zero-order valence-corrected chi connectivity index (χ0v) is 18.5. The minimum atomic E-state index is -3.77. The maximum Gasteiger partial charge on any atom is 0.257 e. The van der Waals surface area contributed by atoms with Crippen molar-refractivity contribution in [1.29, 1.82) is 0 Å². The highest BCUT2D eigenvalue weighted by Gasteiger charge is 2.18. The first-order chi connectivity index (χ1) is 14.8. The van der Waals surface area contributed by atoms with Gasteiger partial charge in [0.2, 0.25) is 10.0 Å². The molecule has 3 aromatic rings. The Morgan fingerprint density at radius 1 is 0.935 bits per heavy atom. The number of para-hydroxylation sites is 1. The van der Waals surface area contributed by atoms with Gasteiger partial charge in [-0.05, 0) is 42.0 Å². The van der Waals surface area contributed by atoms with Gasteiger partial charge >= 0.3 is 0 Å². The summed E-state index contributed by atoms with van der Waals surface area (Å²) in [6.07, 6.45) is 0. The summed E-state index contributed by atoms with van der Waals surface area (Å²) in [6, 6.07) is 17.8. The number of ether oxygens (including phenoxy) is 2. The summed E-state index contributed by atoms with van der Waals surface area (Å²) in [5, 5.41) is 3.26. The molecule has 0 atom stereocenters. The van der Waals surface area contributed by atoms with Crippen molar-refractivity contribution < 1.29 is 22.7 Å². The van der Waals surface area contributed by atoms with Crippen molar-refractivity contribution >= 4 is 38.9 Å². The van der Waals surface area contributed by atoms with Crippen molar-refractivity contribution in [3.05, 3.63) is 82.9 Å². The van der Waals surface area contributed by atoms with Crippen LogP contribution in [0, 0.1) is 0 Å². The smallest absolute Gasteiger partial charge is 0.257 e. The van der Waals surface area contributed by atoms with Crippen LogP contribution in [0.5, 0.6) is 11.5 Å². The number of hydrogen-bond donors (Lipinski definition) is 2. The van der Waals surface area contributed by atoms with E-state index in [1.54, 1.807) is 54.6 Å². The van der Waals surface area contributed by atoms with E-state index in [2.05, 4.69) is 10.0 Å². The second kappa shape index (κ2) is 9.72. The van der Waals surface area contributed by atoms with Gasteiger partial charge in [-0.3, -0.25) is 9.52 Å². The summed E-state index contributed by atoms with van der Waals surface area (Å²) in [5.74, 6) is 0.235. The maximum absolute atomic E-state index is 12.9. The molecule has 9 heteroatoms. The summed E-state index contributed by atoms with van der Waals surface area (Å²) >= 11 is 5.85. The zero-order valence-electron chi connectivity index (χ0n) is 16.9. The molecule has 0 spiro atoms. The molecule has 31 heavy (non-hydrogen) atoms. The summed E-state index contributed by atoms with van der Waals surface area (Å²) in [7, 11) is -0.763. The van der Waals surface area contributed by atoms with E-state index in [1.807, 2.05) is 0 Å². The fourth-order valence-corrected chi connectivity index (χ4v) is 4.21. The number of carbonyl (C=O) groups is 1. The van der Waals surface area contributed by atoms with Gasteiger partial charge in [0.15, 0.2) is 0 Å². The van der Waals surface area contributed by atoms with Gasteiger partial charge in [0.1, 0.15) is 11.5 Å². The number of amides is 1. The topological polar surface area (TPSA) is 93.7 Å². The van der Waals surface area contributed by atoms with Crippen molar-refractivity contribution in [3.8, 4) is 11.5 Å². The molecule has 0 heterocycles. The third kappa shape index (κ3) is 5.90. The normalized spacial score (nSPS) is 10.9. The standard InChI is InChI=1S/C22H21ClN2O5S/c1-29-17-11-12-20(21(13-17)30-2)24-22(26)18-5-3-4-6-19(18)25-31(27,28)14-15-7-9-16(23)10-8-15/h3-13,25H,14H2,1-2H3,(H,24,26). The average Bonchev–Trinajstić information content (AvgIpc) is 2.75. The molecule has 0 aliphatic carbocycles. The molecule has 0 aromatic heterocycles. The van der Waals surface area contributed by atoms with Crippen molar-refractivity contribution in [3.63, 3.8) is 0 Å². The Balaban J connectivity index is 1.81.